The van der Waals surface area contributed by atoms with E-state index in [1.165, 1.54) is 0 Å². The highest BCUT2D eigenvalue weighted by atomic mass is 16.7. The second kappa shape index (κ2) is 9.57. The molecule has 0 aliphatic heterocycles. The second-order valence-electron chi connectivity index (χ2n) is 8.51. The van der Waals surface area contributed by atoms with E-state index >= 15 is 0 Å². The SMILES string of the molecule is Cc1c(NC(=O)OCOC(=O)CCC(=O)OC(C)(C)C)cccc1C(C)(C)C. The first-order chi connectivity index (χ1) is 12.8. The molecule has 0 aromatic heterocycles. The summed E-state index contributed by atoms with van der Waals surface area (Å²) in [5, 5.41) is 2.65. The predicted molar refractivity (Wildman–Crippen MR) is 106 cm³/mol. The van der Waals surface area contributed by atoms with Crippen molar-refractivity contribution in [1.29, 1.82) is 0 Å². The van der Waals surface area contributed by atoms with E-state index < -0.39 is 30.4 Å². The van der Waals surface area contributed by atoms with Crippen molar-refractivity contribution < 1.29 is 28.6 Å². The van der Waals surface area contributed by atoms with Crippen LogP contribution in [0, 0.1) is 6.92 Å². The number of carbonyl (C=O) groups excluding carboxylic acids is 3. The highest BCUT2D eigenvalue weighted by Crippen LogP contribution is 2.29. The van der Waals surface area contributed by atoms with Crippen LogP contribution in [0.5, 0.6) is 0 Å². The number of carbonyl (C=O) groups is 3. The summed E-state index contributed by atoms with van der Waals surface area (Å²) in [4.78, 5) is 35.1. The van der Waals surface area contributed by atoms with E-state index in [9.17, 15) is 14.4 Å². The number of hydrogen-bond acceptors (Lipinski definition) is 6. The summed E-state index contributed by atoms with van der Waals surface area (Å²) in [6, 6.07) is 5.65. The molecule has 0 fully saturated rings. The summed E-state index contributed by atoms with van der Waals surface area (Å²) in [6.07, 6.45) is -0.970. The minimum atomic E-state index is -0.728. The van der Waals surface area contributed by atoms with Crippen molar-refractivity contribution in [3.63, 3.8) is 0 Å². The summed E-state index contributed by atoms with van der Waals surface area (Å²) >= 11 is 0. The zero-order valence-corrected chi connectivity index (χ0v) is 17.8. The Morgan fingerprint density at radius 1 is 0.929 bits per heavy atom. The van der Waals surface area contributed by atoms with E-state index in [1.54, 1.807) is 26.8 Å². The molecule has 0 saturated heterocycles. The molecule has 0 unspecified atom stereocenters. The second-order valence-corrected chi connectivity index (χ2v) is 8.51. The van der Waals surface area contributed by atoms with Crippen LogP contribution in [0.3, 0.4) is 0 Å². The molecule has 1 aromatic carbocycles. The molecule has 0 heterocycles. The van der Waals surface area contributed by atoms with E-state index in [0.717, 1.165) is 11.1 Å². The number of hydrogen-bond donors (Lipinski definition) is 1. The van der Waals surface area contributed by atoms with E-state index in [-0.39, 0.29) is 18.3 Å². The van der Waals surface area contributed by atoms with Crippen LogP contribution in [-0.2, 0) is 29.2 Å². The number of amides is 1. The number of esters is 2. The Hall–Kier alpha value is -2.57. The van der Waals surface area contributed by atoms with E-state index in [1.807, 2.05) is 19.1 Å². The lowest BCUT2D eigenvalue weighted by molar-refractivity contribution is -0.160. The van der Waals surface area contributed by atoms with Gasteiger partial charge in [0.1, 0.15) is 5.60 Å². The van der Waals surface area contributed by atoms with Crippen LogP contribution in [0.2, 0.25) is 0 Å². The van der Waals surface area contributed by atoms with Crippen LogP contribution in [-0.4, -0.2) is 30.4 Å². The summed E-state index contributed by atoms with van der Waals surface area (Å²) in [6.45, 7) is 12.9. The Labute approximate surface area is 166 Å². The molecule has 1 rings (SSSR count). The van der Waals surface area contributed by atoms with E-state index in [4.69, 9.17) is 14.2 Å². The lowest BCUT2D eigenvalue weighted by Crippen LogP contribution is -2.24. The van der Waals surface area contributed by atoms with Crippen molar-refractivity contribution in [2.24, 2.45) is 0 Å². The van der Waals surface area contributed by atoms with Crippen molar-refractivity contribution >= 4 is 23.7 Å². The minimum Gasteiger partial charge on any atom is -0.460 e. The quantitative estimate of drug-likeness (QED) is 0.567. The molecule has 0 aliphatic carbocycles. The van der Waals surface area contributed by atoms with Gasteiger partial charge in [0.05, 0.1) is 12.8 Å². The first-order valence-electron chi connectivity index (χ1n) is 9.21. The van der Waals surface area contributed by atoms with Gasteiger partial charge in [-0.15, -0.1) is 0 Å². The molecule has 1 aromatic rings. The van der Waals surface area contributed by atoms with Gasteiger partial charge in [-0.3, -0.25) is 14.9 Å². The van der Waals surface area contributed by atoms with Crippen molar-refractivity contribution in [3.05, 3.63) is 29.3 Å². The third kappa shape index (κ3) is 8.41. The highest BCUT2D eigenvalue weighted by molar-refractivity contribution is 5.86. The first-order valence-corrected chi connectivity index (χ1v) is 9.21. The van der Waals surface area contributed by atoms with Gasteiger partial charge in [-0.1, -0.05) is 32.9 Å². The lowest BCUT2D eigenvalue weighted by Gasteiger charge is -2.23. The van der Waals surface area contributed by atoms with Gasteiger partial charge in [0.2, 0.25) is 6.79 Å². The van der Waals surface area contributed by atoms with Crippen molar-refractivity contribution in [3.8, 4) is 0 Å². The fraction of sp³-hybridized carbons (Fsp3) is 0.571. The van der Waals surface area contributed by atoms with E-state index in [0.29, 0.717) is 5.69 Å². The number of rotatable bonds is 6. The maximum Gasteiger partial charge on any atom is 0.414 e. The molecular formula is C21H31NO6. The molecule has 0 bridgehead atoms. The average Bonchev–Trinajstić information content (AvgIpc) is 2.52. The van der Waals surface area contributed by atoms with Crippen LogP contribution in [0.1, 0.15) is 65.5 Å². The van der Waals surface area contributed by atoms with Crippen molar-refractivity contribution in [1.82, 2.24) is 0 Å². The normalized spacial score (nSPS) is 11.5. The zero-order valence-electron chi connectivity index (χ0n) is 17.8. The van der Waals surface area contributed by atoms with Gasteiger partial charge in [-0.05, 0) is 50.3 Å². The van der Waals surface area contributed by atoms with E-state index in [2.05, 4.69) is 26.1 Å². The summed E-state index contributed by atoms with van der Waals surface area (Å²) in [5.41, 5.74) is 2.02. The topological polar surface area (TPSA) is 90.9 Å². The molecular weight excluding hydrogens is 362 g/mol. The summed E-state index contributed by atoms with van der Waals surface area (Å²) in [7, 11) is 0. The lowest BCUT2D eigenvalue weighted by atomic mass is 9.83. The van der Waals surface area contributed by atoms with Crippen LogP contribution in [0.4, 0.5) is 10.5 Å². The molecule has 0 atom stereocenters. The van der Waals surface area contributed by atoms with Gasteiger partial charge in [0.25, 0.3) is 0 Å². The van der Waals surface area contributed by atoms with Gasteiger partial charge in [-0.25, -0.2) is 4.79 Å². The van der Waals surface area contributed by atoms with Gasteiger partial charge >= 0.3 is 18.0 Å². The molecule has 0 spiro atoms. The Balaban J connectivity index is 2.42. The third-order valence-electron chi connectivity index (χ3n) is 3.74. The monoisotopic (exact) mass is 393 g/mol. The maximum atomic E-state index is 11.9. The molecule has 7 heteroatoms. The smallest absolute Gasteiger partial charge is 0.414 e. The Morgan fingerprint density at radius 2 is 1.54 bits per heavy atom. The molecule has 7 nitrogen and oxygen atoms in total. The van der Waals surface area contributed by atoms with Crippen LogP contribution in [0.25, 0.3) is 0 Å². The largest absolute Gasteiger partial charge is 0.460 e. The average molecular weight is 393 g/mol. The molecule has 156 valence electrons. The van der Waals surface area contributed by atoms with Crippen LogP contribution in [0.15, 0.2) is 18.2 Å². The van der Waals surface area contributed by atoms with Crippen molar-refractivity contribution in [2.75, 3.05) is 12.1 Å². The molecule has 28 heavy (non-hydrogen) atoms. The molecule has 0 aliphatic rings. The van der Waals surface area contributed by atoms with Crippen LogP contribution >= 0.6 is 0 Å². The van der Waals surface area contributed by atoms with Gasteiger partial charge in [0.15, 0.2) is 0 Å². The number of anilines is 1. The standard InChI is InChI=1S/C21H31NO6/c1-14-15(20(2,3)4)9-8-10-16(14)22-19(25)27-13-26-17(23)11-12-18(24)28-21(5,6)7/h8-10H,11-13H2,1-7H3,(H,22,25). The highest BCUT2D eigenvalue weighted by Gasteiger charge is 2.19. The predicted octanol–water partition coefficient (Wildman–Crippen LogP) is 4.46. The van der Waals surface area contributed by atoms with Crippen molar-refractivity contribution in [2.45, 2.75) is 72.3 Å². The van der Waals surface area contributed by atoms with Gasteiger partial charge < -0.3 is 14.2 Å². The fourth-order valence-electron chi connectivity index (χ4n) is 2.55. The number of nitrogens with one attached hydrogen (secondary N) is 1. The minimum absolute atomic E-state index is 0.0602. The fourth-order valence-corrected chi connectivity index (χ4v) is 2.55. The number of ether oxygens (including phenoxy) is 3. The Kier molecular flexibility index (Phi) is 8.02. The van der Waals surface area contributed by atoms with Crippen LogP contribution < -0.4 is 5.32 Å². The Bertz CT molecular complexity index is 713. The molecule has 1 amide bonds. The van der Waals surface area contributed by atoms with Gasteiger partial charge in [-0.2, -0.15) is 0 Å². The number of benzene rings is 1. The van der Waals surface area contributed by atoms with Gasteiger partial charge in [0, 0.05) is 5.69 Å². The molecule has 0 radical (unpaired) electrons. The third-order valence-corrected chi connectivity index (χ3v) is 3.74. The first kappa shape index (κ1) is 23.5. The maximum absolute atomic E-state index is 11.9. The Morgan fingerprint density at radius 3 is 2.11 bits per heavy atom. The zero-order chi connectivity index (χ0) is 21.5. The summed E-state index contributed by atoms with van der Waals surface area (Å²) < 4.78 is 14.8. The summed E-state index contributed by atoms with van der Waals surface area (Å²) in [5.74, 6) is -1.14. The molecule has 1 N–H and O–H groups in total. The molecule has 0 saturated carbocycles.